The normalized spacial score (nSPS) is 15.5. The van der Waals surface area contributed by atoms with E-state index >= 15 is 0 Å². The van der Waals surface area contributed by atoms with Gasteiger partial charge in [-0.25, -0.2) is 0 Å². The first-order valence-corrected chi connectivity index (χ1v) is 8.26. The van der Waals surface area contributed by atoms with E-state index < -0.39 is 11.9 Å². The van der Waals surface area contributed by atoms with Gasteiger partial charge in [0, 0.05) is 28.2 Å². The molecule has 1 aliphatic rings. The minimum atomic E-state index is -0.977. The molecular formula is C20H23NO4. The van der Waals surface area contributed by atoms with Crippen molar-refractivity contribution in [2.75, 3.05) is 11.5 Å². The number of rotatable bonds is 5. The van der Waals surface area contributed by atoms with Crippen molar-refractivity contribution in [3.63, 3.8) is 0 Å². The number of carbonyl (C=O) groups is 3. The number of benzene rings is 1. The van der Waals surface area contributed by atoms with E-state index in [0.717, 1.165) is 5.69 Å². The molecule has 25 heavy (non-hydrogen) atoms. The van der Waals surface area contributed by atoms with Crippen molar-refractivity contribution in [2.24, 2.45) is 5.92 Å². The number of hydrogen-bond acceptors (Lipinski definition) is 5. The second-order valence-electron chi connectivity index (χ2n) is 5.97. The highest BCUT2D eigenvalue weighted by Gasteiger charge is 2.41. The average Bonchev–Trinajstić information content (AvgIpc) is 2.54. The van der Waals surface area contributed by atoms with Gasteiger partial charge >= 0.3 is 5.97 Å². The van der Waals surface area contributed by atoms with Gasteiger partial charge in [0.05, 0.1) is 6.61 Å². The standard InChI is InChI=1S/C20H23NO4/c1-6-25-20(24)19-17(14(4)22)12(2)21(13(3)18(19)15(5)23)16-10-8-7-9-11-16/h7-11,19H,6H2,1-5H3. The van der Waals surface area contributed by atoms with Crippen molar-refractivity contribution in [1.29, 1.82) is 0 Å². The second kappa shape index (κ2) is 7.47. The highest BCUT2D eigenvalue weighted by atomic mass is 16.5. The monoisotopic (exact) mass is 341 g/mol. The molecule has 2 rings (SSSR count). The van der Waals surface area contributed by atoms with E-state index in [4.69, 9.17) is 4.74 Å². The number of carbonyl (C=O) groups excluding carboxylic acids is 3. The number of nitrogens with zero attached hydrogens (tertiary/aromatic N) is 1. The lowest BCUT2D eigenvalue weighted by molar-refractivity contribution is -0.146. The van der Waals surface area contributed by atoms with Gasteiger partial charge in [0.15, 0.2) is 11.6 Å². The molecule has 0 saturated carbocycles. The molecular weight excluding hydrogens is 318 g/mol. The minimum Gasteiger partial charge on any atom is -0.465 e. The Hall–Kier alpha value is -2.69. The summed E-state index contributed by atoms with van der Waals surface area (Å²) in [6.07, 6.45) is 0. The van der Waals surface area contributed by atoms with Crippen molar-refractivity contribution in [3.05, 3.63) is 52.9 Å². The summed E-state index contributed by atoms with van der Waals surface area (Å²) in [5.41, 5.74) is 2.71. The molecule has 0 spiro atoms. The molecule has 0 radical (unpaired) electrons. The van der Waals surface area contributed by atoms with Crippen molar-refractivity contribution in [2.45, 2.75) is 34.6 Å². The van der Waals surface area contributed by atoms with E-state index in [9.17, 15) is 14.4 Å². The number of allylic oxidation sites excluding steroid dienone is 2. The Kier molecular flexibility index (Phi) is 5.57. The van der Waals surface area contributed by atoms with Gasteiger partial charge in [0.1, 0.15) is 5.92 Å². The fourth-order valence-corrected chi connectivity index (χ4v) is 3.40. The Morgan fingerprint density at radius 1 is 0.960 bits per heavy atom. The van der Waals surface area contributed by atoms with E-state index in [2.05, 4.69) is 0 Å². The van der Waals surface area contributed by atoms with Crippen molar-refractivity contribution >= 4 is 23.2 Å². The van der Waals surface area contributed by atoms with Gasteiger partial charge in [-0.2, -0.15) is 0 Å². The summed E-state index contributed by atoms with van der Waals surface area (Å²) in [5.74, 6) is -2.04. The first-order chi connectivity index (χ1) is 11.8. The van der Waals surface area contributed by atoms with Crippen LogP contribution in [0.3, 0.4) is 0 Å². The zero-order chi connectivity index (χ0) is 18.7. The number of anilines is 1. The molecule has 0 N–H and O–H groups in total. The van der Waals surface area contributed by atoms with Crippen LogP contribution in [-0.4, -0.2) is 24.1 Å². The van der Waals surface area contributed by atoms with E-state index in [0.29, 0.717) is 22.5 Å². The predicted octanol–water partition coefficient (Wildman–Crippen LogP) is 3.41. The van der Waals surface area contributed by atoms with Crippen LogP contribution >= 0.6 is 0 Å². The fraction of sp³-hybridized carbons (Fsp3) is 0.350. The number of para-hydroxylation sites is 1. The summed E-state index contributed by atoms with van der Waals surface area (Å²) in [7, 11) is 0. The Morgan fingerprint density at radius 3 is 1.84 bits per heavy atom. The second-order valence-corrected chi connectivity index (χ2v) is 5.97. The molecule has 0 aliphatic carbocycles. The van der Waals surface area contributed by atoms with Crippen LogP contribution in [0.25, 0.3) is 0 Å². The molecule has 1 heterocycles. The van der Waals surface area contributed by atoms with Crippen molar-refractivity contribution in [1.82, 2.24) is 0 Å². The molecule has 5 heteroatoms. The molecule has 0 saturated heterocycles. The van der Waals surface area contributed by atoms with Crippen molar-refractivity contribution < 1.29 is 19.1 Å². The van der Waals surface area contributed by atoms with Gasteiger partial charge in [-0.05, 0) is 46.8 Å². The van der Waals surface area contributed by atoms with Gasteiger partial charge in [0.2, 0.25) is 0 Å². The summed E-state index contributed by atoms with van der Waals surface area (Å²) in [4.78, 5) is 39.1. The molecule has 0 aromatic heterocycles. The molecule has 132 valence electrons. The molecule has 1 aliphatic heterocycles. The van der Waals surface area contributed by atoms with E-state index in [1.54, 1.807) is 20.8 Å². The number of hydrogen-bond donors (Lipinski definition) is 0. The lowest BCUT2D eigenvalue weighted by atomic mass is 9.81. The summed E-state index contributed by atoms with van der Waals surface area (Å²) in [6.45, 7) is 8.28. The molecule has 5 nitrogen and oxygen atoms in total. The van der Waals surface area contributed by atoms with Crippen LogP contribution in [0.5, 0.6) is 0 Å². The van der Waals surface area contributed by atoms with Crippen LogP contribution in [0.4, 0.5) is 5.69 Å². The molecule has 0 amide bonds. The fourth-order valence-electron chi connectivity index (χ4n) is 3.40. The lowest BCUT2D eigenvalue weighted by Crippen LogP contribution is -2.38. The molecule has 0 fully saturated rings. The van der Waals surface area contributed by atoms with Gasteiger partial charge < -0.3 is 9.64 Å². The first-order valence-electron chi connectivity index (χ1n) is 8.26. The number of ether oxygens (including phenoxy) is 1. The number of ketones is 2. The SMILES string of the molecule is CCOC(=O)C1C(C(C)=O)=C(C)N(c2ccccc2)C(C)=C1C(C)=O. The molecule has 0 bridgehead atoms. The van der Waals surface area contributed by atoms with Crippen LogP contribution in [0.15, 0.2) is 52.9 Å². The van der Waals surface area contributed by atoms with Crippen LogP contribution < -0.4 is 4.90 Å². The van der Waals surface area contributed by atoms with E-state index in [1.807, 2.05) is 35.2 Å². The predicted molar refractivity (Wildman–Crippen MR) is 95.8 cm³/mol. The number of esters is 1. The summed E-state index contributed by atoms with van der Waals surface area (Å²) >= 11 is 0. The summed E-state index contributed by atoms with van der Waals surface area (Å²) in [5, 5.41) is 0. The number of Topliss-reactive ketones (excluding diaryl/α,β-unsaturated/α-hetero) is 2. The Labute approximate surface area is 148 Å². The van der Waals surface area contributed by atoms with Crippen LogP contribution in [0.1, 0.15) is 34.6 Å². The quantitative estimate of drug-likeness (QED) is 0.768. The zero-order valence-electron chi connectivity index (χ0n) is 15.3. The summed E-state index contributed by atoms with van der Waals surface area (Å²) < 4.78 is 5.15. The first kappa shape index (κ1) is 18.6. The van der Waals surface area contributed by atoms with Crippen LogP contribution in [0.2, 0.25) is 0 Å². The maximum absolute atomic E-state index is 12.5. The minimum absolute atomic E-state index is 0.187. The van der Waals surface area contributed by atoms with Crippen LogP contribution in [0, 0.1) is 5.92 Å². The van der Waals surface area contributed by atoms with Gasteiger partial charge in [0.25, 0.3) is 0 Å². The maximum Gasteiger partial charge on any atom is 0.318 e. The molecule has 0 unspecified atom stereocenters. The third-order valence-corrected chi connectivity index (χ3v) is 4.32. The highest BCUT2D eigenvalue weighted by Crippen LogP contribution is 2.39. The maximum atomic E-state index is 12.5. The Morgan fingerprint density at radius 2 is 1.44 bits per heavy atom. The third kappa shape index (κ3) is 3.40. The van der Waals surface area contributed by atoms with Crippen LogP contribution in [-0.2, 0) is 19.1 Å². The van der Waals surface area contributed by atoms with Crippen molar-refractivity contribution in [3.8, 4) is 0 Å². The van der Waals surface area contributed by atoms with E-state index in [1.165, 1.54) is 13.8 Å². The molecule has 1 aromatic carbocycles. The van der Waals surface area contributed by atoms with Gasteiger partial charge in [-0.15, -0.1) is 0 Å². The highest BCUT2D eigenvalue weighted by molar-refractivity contribution is 6.09. The third-order valence-electron chi connectivity index (χ3n) is 4.32. The topological polar surface area (TPSA) is 63.7 Å². The molecule has 0 atom stereocenters. The zero-order valence-corrected chi connectivity index (χ0v) is 15.3. The summed E-state index contributed by atoms with van der Waals surface area (Å²) in [6, 6.07) is 9.45. The Balaban J connectivity index is 2.75. The smallest absolute Gasteiger partial charge is 0.318 e. The average molecular weight is 341 g/mol. The molecule has 1 aromatic rings. The van der Waals surface area contributed by atoms with E-state index in [-0.39, 0.29) is 18.2 Å². The van der Waals surface area contributed by atoms with Gasteiger partial charge in [-0.3, -0.25) is 14.4 Å². The van der Waals surface area contributed by atoms with Gasteiger partial charge in [-0.1, -0.05) is 18.2 Å². The Bertz CT molecular complexity index is 736. The lowest BCUT2D eigenvalue weighted by Gasteiger charge is -2.37. The largest absolute Gasteiger partial charge is 0.465 e.